The Bertz CT molecular complexity index is 1060. The van der Waals surface area contributed by atoms with Crippen molar-refractivity contribution in [2.75, 3.05) is 6.61 Å². The van der Waals surface area contributed by atoms with E-state index in [1.54, 1.807) is 36.0 Å². The number of halogens is 4. The fraction of sp³-hybridized carbons (Fsp3) is 0.294. The Labute approximate surface area is 163 Å². The van der Waals surface area contributed by atoms with Crippen molar-refractivity contribution in [1.82, 2.24) is 14.5 Å². The summed E-state index contributed by atoms with van der Waals surface area (Å²) in [4.78, 5) is 32.4. The molecule has 12 heteroatoms. The average molecular weight is 414 g/mol. The van der Waals surface area contributed by atoms with Gasteiger partial charge in [-0.1, -0.05) is 6.07 Å². The van der Waals surface area contributed by atoms with Gasteiger partial charge in [0.25, 0.3) is 5.69 Å². The molecule has 0 unspecified atom stereocenters. The van der Waals surface area contributed by atoms with E-state index >= 15 is 0 Å². The van der Waals surface area contributed by atoms with E-state index in [2.05, 4.69) is 9.97 Å². The number of nitrogens with one attached hydrogen (secondary N) is 1. The number of pyridine rings is 2. The Hall–Kier alpha value is -3.18. The van der Waals surface area contributed by atoms with Crippen LogP contribution in [0.5, 0.6) is 0 Å². The lowest BCUT2D eigenvalue weighted by Crippen LogP contribution is -2.39. The highest BCUT2D eigenvalue weighted by molar-refractivity contribution is 6.50. The zero-order chi connectivity index (χ0) is 21.8. The van der Waals surface area contributed by atoms with Crippen LogP contribution >= 0.6 is 0 Å². The number of carbonyl (C=O) groups excluding carboxylic acids is 1. The molecular formula is C17H19BF4N4O3. The highest BCUT2D eigenvalue weighted by Crippen LogP contribution is 2.21. The molecule has 3 aromatic rings. The summed E-state index contributed by atoms with van der Waals surface area (Å²) in [5.41, 5.74) is 1.05. The van der Waals surface area contributed by atoms with E-state index in [1.165, 1.54) is 0 Å². The van der Waals surface area contributed by atoms with E-state index in [1.807, 2.05) is 24.5 Å². The Kier molecular flexibility index (Phi) is 6.78. The van der Waals surface area contributed by atoms with Crippen LogP contribution in [0.2, 0.25) is 0 Å². The first-order valence-corrected chi connectivity index (χ1v) is 8.72. The molecule has 7 nitrogen and oxygen atoms in total. The van der Waals surface area contributed by atoms with Gasteiger partial charge >= 0.3 is 18.8 Å². The number of rotatable bonds is 4. The molecular weight excluding hydrogens is 395 g/mol. The molecule has 0 fully saturated rings. The number of aromatic nitrogens is 4. The number of esters is 1. The summed E-state index contributed by atoms with van der Waals surface area (Å²) in [6.07, 6.45) is 3.44. The maximum absolute atomic E-state index is 12.7. The molecule has 0 spiro atoms. The number of aromatic amines is 1. The van der Waals surface area contributed by atoms with Crippen molar-refractivity contribution in [2.45, 2.75) is 27.3 Å². The van der Waals surface area contributed by atoms with Crippen molar-refractivity contribution < 1.29 is 31.4 Å². The van der Waals surface area contributed by atoms with Gasteiger partial charge in [0.1, 0.15) is 11.3 Å². The van der Waals surface area contributed by atoms with E-state index in [-0.39, 0.29) is 23.4 Å². The van der Waals surface area contributed by atoms with Crippen LogP contribution in [0.4, 0.5) is 17.3 Å². The molecule has 29 heavy (non-hydrogen) atoms. The topological polar surface area (TPSA) is 80.9 Å². The largest absolute Gasteiger partial charge is 0.673 e. The molecule has 1 N–H and O–H groups in total. The number of aryl methyl sites for hydroxylation is 2. The summed E-state index contributed by atoms with van der Waals surface area (Å²) in [5, 5.41) is 0. The van der Waals surface area contributed by atoms with Crippen molar-refractivity contribution in [2.24, 2.45) is 0 Å². The number of hydrogen-bond donors (Lipinski definition) is 1. The highest BCUT2D eigenvalue weighted by atomic mass is 19.5. The SMILES string of the molecule is CCOC(=O)c1c(-[n+]2ccccc2)c(=O)[nH]c2nc(C)n(CC)c12.F[B-](F)(F)F. The maximum atomic E-state index is 12.7. The zero-order valence-electron chi connectivity index (χ0n) is 16.0. The normalized spacial score (nSPS) is 11.1. The van der Waals surface area contributed by atoms with Gasteiger partial charge in [-0.3, -0.25) is 9.78 Å². The number of fused-ring (bicyclic) bond motifs is 1. The van der Waals surface area contributed by atoms with Crippen LogP contribution in [0.15, 0.2) is 35.4 Å². The van der Waals surface area contributed by atoms with Gasteiger partial charge in [0, 0.05) is 18.7 Å². The summed E-state index contributed by atoms with van der Waals surface area (Å²) in [7, 11) is -6.00. The fourth-order valence-corrected chi connectivity index (χ4v) is 2.88. The second-order valence-corrected chi connectivity index (χ2v) is 5.78. The van der Waals surface area contributed by atoms with Crippen molar-refractivity contribution in [3.05, 3.63) is 52.3 Å². The summed E-state index contributed by atoms with van der Waals surface area (Å²) in [6.45, 7) is 6.39. The molecule has 3 aromatic heterocycles. The van der Waals surface area contributed by atoms with Gasteiger partial charge in [0.2, 0.25) is 0 Å². The lowest BCUT2D eigenvalue weighted by atomic mass is 10.2. The summed E-state index contributed by atoms with van der Waals surface area (Å²) < 4.78 is 47.7. The number of carbonyl (C=O) groups is 1. The van der Waals surface area contributed by atoms with E-state index < -0.39 is 13.2 Å². The lowest BCUT2D eigenvalue weighted by Gasteiger charge is -2.08. The maximum Gasteiger partial charge on any atom is 0.673 e. The van der Waals surface area contributed by atoms with E-state index in [0.29, 0.717) is 17.7 Å². The molecule has 0 radical (unpaired) electrons. The molecule has 0 saturated heterocycles. The number of H-pyrrole nitrogens is 1. The van der Waals surface area contributed by atoms with Gasteiger partial charge < -0.3 is 26.6 Å². The Balaban J connectivity index is 0.000000537. The van der Waals surface area contributed by atoms with Crippen molar-refractivity contribution in [3.8, 4) is 5.69 Å². The highest BCUT2D eigenvalue weighted by Gasteiger charge is 2.30. The van der Waals surface area contributed by atoms with Gasteiger partial charge in [-0.15, -0.1) is 0 Å². The van der Waals surface area contributed by atoms with Gasteiger partial charge in [-0.05, 0) is 20.8 Å². The molecule has 0 bridgehead atoms. The second kappa shape index (κ2) is 8.88. The molecule has 0 aliphatic rings. The van der Waals surface area contributed by atoms with Gasteiger partial charge in [0.05, 0.1) is 6.61 Å². The minimum atomic E-state index is -6.00. The predicted molar refractivity (Wildman–Crippen MR) is 98.4 cm³/mol. The first-order valence-electron chi connectivity index (χ1n) is 8.72. The fourth-order valence-electron chi connectivity index (χ4n) is 2.88. The number of hydrogen-bond acceptors (Lipinski definition) is 4. The van der Waals surface area contributed by atoms with Crippen molar-refractivity contribution in [1.29, 1.82) is 0 Å². The van der Waals surface area contributed by atoms with Gasteiger partial charge in [0.15, 0.2) is 23.6 Å². The quantitative estimate of drug-likeness (QED) is 0.308. The molecule has 0 aliphatic carbocycles. The van der Waals surface area contributed by atoms with Crippen molar-refractivity contribution >= 4 is 24.4 Å². The Morgan fingerprint density at radius 3 is 2.31 bits per heavy atom. The third-order valence-corrected chi connectivity index (χ3v) is 3.85. The van der Waals surface area contributed by atoms with Crippen LogP contribution in [0, 0.1) is 6.92 Å². The molecule has 156 valence electrons. The minimum Gasteiger partial charge on any atom is -0.462 e. The van der Waals surface area contributed by atoms with Crippen LogP contribution in [-0.4, -0.2) is 34.4 Å². The van der Waals surface area contributed by atoms with Crippen LogP contribution in [0.3, 0.4) is 0 Å². The monoisotopic (exact) mass is 414 g/mol. The van der Waals surface area contributed by atoms with Crippen LogP contribution in [0.1, 0.15) is 30.0 Å². The van der Waals surface area contributed by atoms with E-state index in [9.17, 15) is 26.9 Å². The zero-order valence-corrected chi connectivity index (χ0v) is 16.0. The molecule has 0 aliphatic heterocycles. The van der Waals surface area contributed by atoms with Crippen molar-refractivity contribution in [3.63, 3.8) is 0 Å². The number of ether oxygens (including phenoxy) is 1. The second-order valence-electron chi connectivity index (χ2n) is 5.78. The predicted octanol–water partition coefficient (Wildman–Crippen LogP) is 2.81. The average Bonchev–Trinajstić information content (AvgIpc) is 2.94. The Morgan fingerprint density at radius 1 is 1.21 bits per heavy atom. The molecule has 0 aromatic carbocycles. The van der Waals surface area contributed by atoms with Crippen LogP contribution < -0.4 is 10.1 Å². The third kappa shape index (κ3) is 5.21. The summed E-state index contributed by atoms with van der Waals surface area (Å²) in [6, 6.07) is 5.43. The lowest BCUT2D eigenvalue weighted by molar-refractivity contribution is -0.597. The standard InChI is InChI=1S/C17H18N4O3.BF4/c1-4-21-11(3)18-15-13(21)12(17(23)24-5-2)14(16(22)19-15)20-9-7-6-8-10-20;2-1(3,4)5/h6-10H,4-5H2,1-3H3;/q;-1/p+1. The number of imidazole rings is 1. The van der Waals surface area contributed by atoms with E-state index in [0.717, 1.165) is 5.82 Å². The molecule has 3 rings (SSSR count). The third-order valence-electron chi connectivity index (χ3n) is 3.85. The molecule has 0 saturated carbocycles. The summed E-state index contributed by atoms with van der Waals surface area (Å²) >= 11 is 0. The minimum absolute atomic E-state index is 0.227. The molecule has 3 heterocycles. The van der Waals surface area contributed by atoms with Crippen LogP contribution in [-0.2, 0) is 11.3 Å². The van der Waals surface area contributed by atoms with Gasteiger partial charge in [-0.2, -0.15) is 4.57 Å². The van der Waals surface area contributed by atoms with Crippen LogP contribution in [0.25, 0.3) is 16.9 Å². The first kappa shape index (κ1) is 22.1. The van der Waals surface area contributed by atoms with E-state index in [4.69, 9.17) is 4.74 Å². The Morgan fingerprint density at radius 2 is 1.79 bits per heavy atom. The molecule has 0 atom stereocenters. The number of nitrogens with zero attached hydrogens (tertiary/aromatic N) is 3. The van der Waals surface area contributed by atoms with Gasteiger partial charge in [-0.25, -0.2) is 9.78 Å². The summed E-state index contributed by atoms with van der Waals surface area (Å²) in [5.74, 6) is 0.193. The smallest absolute Gasteiger partial charge is 0.462 e. The molecule has 0 amide bonds. The first-order chi connectivity index (χ1) is 13.6.